The van der Waals surface area contributed by atoms with Gasteiger partial charge in [-0.1, -0.05) is 13.0 Å². The molecule has 0 spiro atoms. The number of likely N-dealkylation sites (N-methyl/N-ethyl adjacent to an activating group) is 1. The van der Waals surface area contributed by atoms with Gasteiger partial charge in [-0.05, 0) is 18.7 Å². The van der Waals surface area contributed by atoms with Gasteiger partial charge in [-0.25, -0.2) is 8.78 Å². The molecule has 1 unspecified atom stereocenters. The molecule has 0 heterocycles. The lowest BCUT2D eigenvalue weighted by Gasteiger charge is -2.26. The number of hydrogen-bond acceptors (Lipinski definition) is 3. The van der Waals surface area contributed by atoms with Crippen molar-refractivity contribution in [1.29, 1.82) is 0 Å². The molecule has 5 heteroatoms. The Bertz CT molecular complexity index is 336. The summed E-state index contributed by atoms with van der Waals surface area (Å²) in [5, 5.41) is 2.95. The highest BCUT2D eigenvalue weighted by Crippen LogP contribution is 2.25. The van der Waals surface area contributed by atoms with Crippen molar-refractivity contribution >= 4 is 0 Å². The first-order valence-corrected chi connectivity index (χ1v) is 5.38. The number of halogens is 2. The van der Waals surface area contributed by atoms with E-state index in [2.05, 4.69) is 5.32 Å². The van der Waals surface area contributed by atoms with E-state index in [1.54, 1.807) is 0 Å². The Labute approximate surface area is 99.7 Å². The second-order valence-corrected chi connectivity index (χ2v) is 3.51. The van der Waals surface area contributed by atoms with E-state index in [-0.39, 0.29) is 5.56 Å². The molecule has 0 aliphatic heterocycles. The van der Waals surface area contributed by atoms with Crippen LogP contribution in [0.2, 0.25) is 0 Å². The van der Waals surface area contributed by atoms with Crippen LogP contribution in [0.3, 0.4) is 0 Å². The maximum atomic E-state index is 13.7. The zero-order valence-corrected chi connectivity index (χ0v) is 10.2. The second kappa shape index (κ2) is 6.64. The second-order valence-electron chi connectivity index (χ2n) is 3.51. The van der Waals surface area contributed by atoms with Gasteiger partial charge in [-0.3, -0.25) is 0 Å². The molecule has 0 bridgehead atoms. The van der Waals surface area contributed by atoms with Crippen molar-refractivity contribution in [2.75, 3.05) is 20.8 Å². The van der Waals surface area contributed by atoms with Crippen molar-refractivity contribution in [3.63, 3.8) is 0 Å². The normalized spacial score (nSPS) is 13.1. The van der Waals surface area contributed by atoms with Gasteiger partial charge >= 0.3 is 0 Å². The Morgan fingerprint density at radius 3 is 2.12 bits per heavy atom. The molecular formula is C12H17F2NO2. The van der Waals surface area contributed by atoms with E-state index in [1.807, 2.05) is 6.92 Å². The topological polar surface area (TPSA) is 30.5 Å². The highest BCUT2D eigenvalue weighted by atomic mass is 19.1. The summed E-state index contributed by atoms with van der Waals surface area (Å²) in [6.45, 7) is 2.38. The fourth-order valence-electron chi connectivity index (χ4n) is 1.73. The maximum Gasteiger partial charge on any atom is 0.176 e. The Morgan fingerprint density at radius 2 is 1.71 bits per heavy atom. The van der Waals surface area contributed by atoms with Crippen LogP contribution in [0, 0.1) is 11.6 Å². The first-order chi connectivity index (χ1) is 8.15. The summed E-state index contributed by atoms with van der Waals surface area (Å²) in [6, 6.07) is 3.07. The fourth-order valence-corrected chi connectivity index (χ4v) is 1.73. The number of nitrogens with one attached hydrogen (secondary N) is 1. The predicted octanol–water partition coefficient (Wildman–Crippen LogP) is 2.23. The molecule has 0 amide bonds. The smallest absolute Gasteiger partial charge is 0.176 e. The number of rotatable bonds is 6. The summed E-state index contributed by atoms with van der Waals surface area (Å²) in [6.07, 6.45) is -0.749. The number of methoxy groups -OCH3 is 2. The standard InChI is InChI=1S/C12H17F2NO2/c1-4-15-11(12(16-2)17-3)10-8(13)6-5-7-9(10)14/h5-7,11-12,15H,4H2,1-3H3. The van der Waals surface area contributed by atoms with Gasteiger partial charge in [0.1, 0.15) is 11.6 Å². The average Bonchev–Trinajstić information content (AvgIpc) is 2.30. The quantitative estimate of drug-likeness (QED) is 0.780. The molecule has 96 valence electrons. The molecule has 0 aromatic heterocycles. The minimum Gasteiger partial charge on any atom is -0.354 e. The lowest BCUT2D eigenvalue weighted by atomic mass is 10.0. The van der Waals surface area contributed by atoms with E-state index in [1.165, 1.54) is 32.4 Å². The van der Waals surface area contributed by atoms with Crippen LogP contribution in [0.4, 0.5) is 8.78 Å². The minimum absolute atomic E-state index is 0.0666. The molecule has 1 N–H and O–H groups in total. The summed E-state index contributed by atoms with van der Waals surface area (Å²) in [4.78, 5) is 0. The first kappa shape index (κ1) is 14.0. The van der Waals surface area contributed by atoms with Crippen LogP contribution in [-0.4, -0.2) is 27.1 Å². The van der Waals surface area contributed by atoms with Crippen molar-refractivity contribution in [3.05, 3.63) is 35.4 Å². The molecule has 0 radical (unpaired) electrons. The minimum atomic E-state index is -0.749. The van der Waals surface area contributed by atoms with Gasteiger partial charge in [0.15, 0.2) is 6.29 Å². The van der Waals surface area contributed by atoms with Gasteiger partial charge in [0.2, 0.25) is 0 Å². The van der Waals surface area contributed by atoms with Gasteiger partial charge in [0.25, 0.3) is 0 Å². The monoisotopic (exact) mass is 245 g/mol. The van der Waals surface area contributed by atoms with Gasteiger partial charge < -0.3 is 14.8 Å². The molecule has 3 nitrogen and oxygen atoms in total. The zero-order chi connectivity index (χ0) is 12.8. The van der Waals surface area contributed by atoms with E-state index in [0.717, 1.165) is 0 Å². The summed E-state index contributed by atoms with van der Waals surface area (Å²) < 4.78 is 37.5. The van der Waals surface area contributed by atoms with E-state index in [4.69, 9.17) is 9.47 Å². The lowest BCUT2D eigenvalue weighted by molar-refractivity contribution is -0.125. The number of ether oxygens (including phenoxy) is 2. The third-order valence-electron chi connectivity index (χ3n) is 2.47. The lowest BCUT2D eigenvalue weighted by Crippen LogP contribution is -2.35. The fraction of sp³-hybridized carbons (Fsp3) is 0.500. The molecule has 0 fully saturated rings. The summed E-state index contributed by atoms with van der Waals surface area (Å²) >= 11 is 0. The van der Waals surface area contributed by atoms with Crippen LogP contribution in [0.1, 0.15) is 18.5 Å². The molecule has 17 heavy (non-hydrogen) atoms. The molecule has 0 saturated heterocycles. The van der Waals surface area contributed by atoms with Gasteiger partial charge in [0.05, 0.1) is 6.04 Å². The van der Waals surface area contributed by atoms with Crippen molar-refractivity contribution in [1.82, 2.24) is 5.32 Å². The summed E-state index contributed by atoms with van der Waals surface area (Å²) in [7, 11) is 2.86. The molecule has 0 saturated carbocycles. The Kier molecular flexibility index (Phi) is 5.47. The highest BCUT2D eigenvalue weighted by molar-refractivity contribution is 5.24. The van der Waals surface area contributed by atoms with E-state index in [0.29, 0.717) is 6.54 Å². The van der Waals surface area contributed by atoms with Crippen LogP contribution in [0.15, 0.2) is 18.2 Å². The van der Waals surface area contributed by atoms with Crippen LogP contribution < -0.4 is 5.32 Å². The summed E-state index contributed by atoms with van der Waals surface area (Å²) in [5.74, 6) is -1.23. The largest absolute Gasteiger partial charge is 0.354 e. The van der Waals surface area contributed by atoms with E-state index >= 15 is 0 Å². The SMILES string of the molecule is CCNC(c1c(F)cccc1F)C(OC)OC. The molecular weight excluding hydrogens is 228 g/mol. The number of benzene rings is 1. The van der Waals surface area contributed by atoms with E-state index in [9.17, 15) is 8.78 Å². The zero-order valence-electron chi connectivity index (χ0n) is 10.2. The molecule has 1 atom stereocenters. The van der Waals surface area contributed by atoms with Gasteiger partial charge in [-0.2, -0.15) is 0 Å². The van der Waals surface area contributed by atoms with Crippen LogP contribution >= 0.6 is 0 Å². The van der Waals surface area contributed by atoms with E-state index < -0.39 is 24.0 Å². The van der Waals surface area contributed by atoms with Gasteiger partial charge in [0, 0.05) is 19.8 Å². The third-order valence-corrected chi connectivity index (χ3v) is 2.47. The average molecular weight is 245 g/mol. The first-order valence-electron chi connectivity index (χ1n) is 5.38. The third kappa shape index (κ3) is 3.21. The van der Waals surface area contributed by atoms with Crippen LogP contribution in [0.5, 0.6) is 0 Å². The maximum absolute atomic E-state index is 13.7. The van der Waals surface area contributed by atoms with Crippen molar-refractivity contribution < 1.29 is 18.3 Å². The van der Waals surface area contributed by atoms with Crippen molar-refractivity contribution in [3.8, 4) is 0 Å². The Hall–Kier alpha value is -1.04. The molecule has 1 aromatic rings. The predicted molar refractivity (Wildman–Crippen MR) is 60.6 cm³/mol. The van der Waals surface area contributed by atoms with Crippen LogP contribution in [0.25, 0.3) is 0 Å². The molecule has 1 rings (SSSR count). The Morgan fingerprint density at radius 1 is 1.18 bits per heavy atom. The van der Waals surface area contributed by atoms with Crippen molar-refractivity contribution in [2.45, 2.75) is 19.3 Å². The number of hydrogen-bond donors (Lipinski definition) is 1. The molecule has 1 aromatic carbocycles. The van der Waals surface area contributed by atoms with Crippen molar-refractivity contribution in [2.24, 2.45) is 0 Å². The highest BCUT2D eigenvalue weighted by Gasteiger charge is 2.27. The van der Waals surface area contributed by atoms with Crippen LogP contribution in [-0.2, 0) is 9.47 Å². The summed E-state index contributed by atoms with van der Waals surface area (Å²) in [5.41, 5.74) is -0.0666. The molecule has 0 aliphatic rings. The Balaban J connectivity index is 3.12. The van der Waals surface area contributed by atoms with Gasteiger partial charge in [-0.15, -0.1) is 0 Å². The molecule has 0 aliphatic carbocycles.